The smallest absolute Gasteiger partial charge is 0.295 e. The van der Waals surface area contributed by atoms with Crippen LogP contribution in [0.2, 0.25) is 0 Å². The van der Waals surface area contributed by atoms with Crippen LogP contribution in [0.5, 0.6) is 5.75 Å². The number of pyridine rings is 1. The predicted octanol–water partition coefficient (Wildman–Crippen LogP) is 6.10. The molecule has 6 heteroatoms. The largest absolute Gasteiger partial charge is 0.494 e. The number of anilines is 1. The minimum Gasteiger partial charge on any atom is -0.494 e. The molecule has 1 fully saturated rings. The van der Waals surface area contributed by atoms with Gasteiger partial charge in [0.05, 0.1) is 24.1 Å². The van der Waals surface area contributed by atoms with Crippen molar-refractivity contribution in [1.82, 2.24) is 4.98 Å². The lowest BCUT2D eigenvalue weighted by Gasteiger charge is -2.37. The summed E-state index contributed by atoms with van der Waals surface area (Å²) in [6.45, 7) is 7.04. The van der Waals surface area contributed by atoms with Crippen LogP contribution in [0.25, 0.3) is 0 Å². The number of benzene rings is 1. The Morgan fingerprint density at radius 2 is 1.89 bits per heavy atom. The molecule has 4 unspecified atom stereocenters. The zero-order valence-electron chi connectivity index (χ0n) is 21.5. The predicted molar refractivity (Wildman–Crippen MR) is 139 cm³/mol. The Labute approximate surface area is 213 Å². The van der Waals surface area contributed by atoms with E-state index in [9.17, 15) is 9.59 Å². The Bertz CT molecular complexity index is 1160. The van der Waals surface area contributed by atoms with Crippen molar-refractivity contribution < 1.29 is 19.1 Å². The van der Waals surface area contributed by atoms with Gasteiger partial charge >= 0.3 is 0 Å². The van der Waals surface area contributed by atoms with E-state index in [4.69, 9.17) is 9.47 Å². The molecular weight excluding hydrogens is 452 g/mol. The first-order chi connectivity index (χ1) is 17.5. The molecule has 2 aliphatic heterocycles. The van der Waals surface area contributed by atoms with Gasteiger partial charge in [-0.2, -0.15) is 0 Å². The van der Waals surface area contributed by atoms with Gasteiger partial charge in [-0.3, -0.25) is 14.5 Å². The van der Waals surface area contributed by atoms with Crippen molar-refractivity contribution in [1.29, 1.82) is 0 Å². The number of Topliss-reactive ketones (excluding diaryl/α,β-unsaturated/α-hetero) is 1. The number of amides is 1. The van der Waals surface area contributed by atoms with Crippen molar-refractivity contribution in [3.8, 4) is 5.75 Å². The second kappa shape index (κ2) is 10.5. The molecule has 0 radical (unpaired) electrons. The van der Waals surface area contributed by atoms with Crippen molar-refractivity contribution in [3.63, 3.8) is 0 Å². The summed E-state index contributed by atoms with van der Waals surface area (Å²) in [6, 6.07) is 11.0. The lowest BCUT2D eigenvalue weighted by Crippen LogP contribution is -2.41. The number of carbonyl (C=O) groups excluding carboxylic acids is 2. The molecule has 0 spiro atoms. The molecule has 36 heavy (non-hydrogen) atoms. The number of ether oxygens (including phenoxy) is 2. The van der Waals surface area contributed by atoms with Crippen LogP contribution in [0.15, 0.2) is 53.9 Å². The summed E-state index contributed by atoms with van der Waals surface area (Å²) in [4.78, 5) is 33.8. The molecule has 0 N–H and O–H groups in total. The lowest BCUT2D eigenvalue weighted by atomic mass is 9.74. The summed E-state index contributed by atoms with van der Waals surface area (Å²) in [6.07, 6.45) is 8.71. The normalized spacial score (nSPS) is 25.5. The highest BCUT2D eigenvalue weighted by molar-refractivity contribution is 6.17. The summed E-state index contributed by atoms with van der Waals surface area (Å²) in [7, 11) is 0. The minimum absolute atomic E-state index is 0.0533. The van der Waals surface area contributed by atoms with E-state index in [1.165, 1.54) is 12.8 Å². The van der Waals surface area contributed by atoms with Gasteiger partial charge in [0.25, 0.3) is 5.91 Å². The minimum atomic E-state index is -0.564. The number of hydrogen-bond acceptors (Lipinski definition) is 5. The third-order valence-corrected chi connectivity index (χ3v) is 7.72. The van der Waals surface area contributed by atoms with Gasteiger partial charge < -0.3 is 9.47 Å². The molecule has 2 aromatic rings. The van der Waals surface area contributed by atoms with Crippen LogP contribution in [-0.4, -0.2) is 29.4 Å². The fraction of sp³-hybridized carbons (Fsp3) is 0.500. The van der Waals surface area contributed by atoms with Crippen molar-refractivity contribution >= 4 is 17.5 Å². The summed E-state index contributed by atoms with van der Waals surface area (Å²) < 4.78 is 12.2. The first kappa shape index (κ1) is 24.5. The Hall–Kier alpha value is -3.15. The maximum atomic E-state index is 13.9. The molecule has 1 aromatic heterocycles. The molecule has 1 aliphatic carbocycles. The Morgan fingerprint density at radius 1 is 1.08 bits per heavy atom. The van der Waals surface area contributed by atoms with Crippen LogP contribution in [0.4, 0.5) is 5.82 Å². The summed E-state index contributed by atoms with van der Waals surface area (Å²) in [5.74, 6) is 1.58. The molecule has 4 atom stereocenters. The van der Waals surface area contributed by atoms with Crippen molar-refractivity contribution in [3.05, 3.63) is 65.1 Å². The standard InChI is InChI=1S/C30H36N2O4/c1-4-5-6-7-16-35-22-11-9-21(10-12-22)27-26-28(33)23-17-19(2)8-13-24(23)36-29(26)30(34)32(27)25-18-20(3)14-15-31-25/h9-12,14-15,18-19,23-24,27H,4-8,13,16-17H2,1-3H3. The summed E-state index contributed by atoms with van der Waals surface area (Å²) in [5.41, 5.74) is 2.33. The van der Waals surface area contributed by atoms with Crippen LogP contribution >= 0.6 is 0 Å². The van der Waals surface area contributed by atoms with E-state index in [0.29, 0.717) is 23.9 Å². The zero-order chi connectivity index (χ0) is 25.2. The molecular formula is C30H36N2O4. The quantitative estimate of drug-likeness (QED) is 0.420. The molecule has 0 bridgehead atoms. The SMILES string of the molecule is CCCCCCOc1ccc(C2C3=C(OC4CCC(C)CC4C3=O)C(=O)N2c2cc(C)ccn2)cc1. The van der Waals surface area contributed by atoms with Gasteiger partial charge in [-0.15, -0.1) is 0 Å². The van der Waals surface area contributed by atoms with Gasteiger partial charge in [-0.05, 0) is 73.9 Å². The topological polar surface area (TPSA) is 68.7 Å². The average Bonchev–Trinajstić information content (AvgIpc) is 3.17. The molecule has 5 rings (SSSR count). The molecule has 1 amide bonds. The van der Waals surface area contributed by atoms with Crippen molar-refractivity contribution in [2.24, 2.45) is 11.8 Å². The van der Waals surface area contributed by atoms with Crippen LogP contribution in [0, 0.1) is 18.8 Å². The van der Waals surface area contributed by atoms with Crippen LogP contribution in [0.3, 0.4) is 0 Å². The highest BCUT2D eigenvalue weighted by Crippen LogP contribution is 2.48. The van der Waals surface area contributed by atoms with E-state index in [1.807, 2.05) is 43.3 Å². The van der Waals surface area contributed by atoms with Crippen molar-refractivity contribution in [2.75, 3.05) is 11.5 Å². The molecule has 6 nitrogen and oxygen atoms in total. The first-order valence-corrected chi connectivity index (χ1v) is 13.4. The molecule has 1 aromatic carbocycles. The summed E-state index contributed by atoms with van der Waals surface area (Å²) in [5, 5.41) is 0. The maximum Gasteiger partial charge on any atom is 0.295 e. The van der Waals surface area contributed by atoms with Gasteiger partial charge in [0, 0.05) is 6.20 Å². The highest BCUT2D eigenvalue weighted by atomic mass is 16.5. The average molecular weight is 489 g/mol. The fourth-order valence-electron chi connectivity index (χ4n) is 5.75. The summed E-state index contributed by atoms with van der Waals surface area (Å²) >= 11 is 0. The van der Waals surface area contributed by atoms with E-state index in [2.05, 4.69) is 18.8 Å². The Kier molecular flexibility index (Phi) is 7.13. The molecule has 3 heterocycles. The highest BCUT2D eigenvalue weighted by Gasteiger charge is 2.53. The van der Waals surface area contributed by atoms with Gasteiger partial charge in [0.15, 0.2) is 11.5 Å². The van der Waals surface area contributed by atoms with Gasteiger partial charge in [-0.1, -0.05) is 45.2 Å². The van der Waals surface area contributed by atoms with E-state index in [0.717, 1.165) is 49.0 Å². The number of fused-ring (bicyclic) bond motifs is 1. The van der Waals surface area contributed by atoms with E-state index in [-0.39, 0.29) is 29.5 Å². The van der Waals surface area contributed by atoms with E-state index < -0.39 is 6.04 Å². The third-order valence-electron chi connectivity index (χ3n) is 7.72. The van der Waals surface area contributed by atoms with Gasteiger partial charge in [-0.25, -0.2) is 4.98 Å². The number of hydrogen-bond donors (Lipinski definition) is 0. The molecule has 0 saturated heterocycles. The number of ketones is 1. The molecule has 1 saturated carbocycles. The zero-order valence-corrected chi connectivity index (χ0v) is 21.5. The Balaban J connectivity index is 1.47. The third kappa shape index (κ3) is 4.65. The number of aryl methyl sites for hydroxylation is 1. The lowest BCUT2D eigenvalue weighted by molar-refractivity contribution is -0.132. The second-order valence-corrected chi connectivity index (χ2v) is 10.5. The van der Waals surface area contributed by atoms with E-state index in [1.54, 1.807) is 11.1 Å². The molecule has 190 valence electrons. The number of nitrogens with zero attached hydrogens (tertiary/aromatic N) is 2. The first-order valence-electron chi connectivity index (χ1n) is 13.4. The number of rotatable bonds is 8. The van der Waals surface area contributed by atoms with Crippen LogP contribution in [0.1, 0.15) is 76.0 Å². The number of unbranched alkanes of at least 4 members (excludes halogenated alkanes) is 3. The van der Waals surface area contributed by atoms with Gasteiger partial charge in [0.1, 0.15) is 17.7 Å². The maximum absolute atomic E-state index is 13.9. The molecule has 3 aliphatic rings. The van der Waals surface area contributed by atoms with E-state index >= 15 is 0 Å². The number of carbonyl (C=O) groups is 2. The number of aromatic nitrogens is 1. The van der Waals surface area contributed by atoms with Gasteiger partial charge in [0.2, 0.25) is 0 Å². The monoisotopic (exact) mass is 488 g/mol. The van der Waals surface area contributed by atoms with Crippen molar-refractivity contribution in [2.45, 2.75) is 77.9 Å². The fourth-order valence-corrected chi connectivity index (χ4v) is 5.75. The van der Waals surface area contributed by atoms with Crippen LogP contribution in [-0.2, 0) is 14.3 Å². The van der Waals surface area contributed by atoms with Crippen LogP contribution < -0.4 is 9.64 Å². The Morgan fingerprint density at radius 3 is 2.64 bits per heavy atom. The second-order valence-electron chi connectivity index (χ2n) is 10.5.